The van der Waals surface area contributed by atoms with Crippen molar-refractivity contribution in [3.8, 4) is 0 Å². The zero-order chi connectivity index (χ0) is 14.5. The summed E-state index contributed by atoms with van der Waals surface area (Å²) >= 11 is 1.81. The molecule has 0 bridgehead atoms. The number of hydrogen-bond donors (Lipinski definition) is 1. The van der Waals surface area contributed by atoms with Crippen molar-refractivity contribution in [1.29, 1.82) is 0 Å². The first kappa shape index (κ1) is 14.7. The molecule has 1 N–H and O–H groups in total. The van der Waals surface area contributed by atoms with E-state index in [1.807, 2.05) is 11.3 Å². The fraction of sp³-hybridized carbons (Fsp3) is 0.529. The number of nitrogens with zero attached hydrogens (tertiary/aromatic N) is 2. The first-order chi connectivity index (χ1) is 10.3. The van der Waals surface area contributed by atoms with Crippen molar-refractivity contribution in [3.63, 3.8) is 0 Å². The van der Waals surface area contributed by atoms with Crippen LogP contribution in [0.5, 0.6) is 0 Å². The molecule has 0 spiro atoms. The van der Waals surface area contributed by atoms with Gasteiger partial charge in [-0.25, -0.2) is 0 Å². The van der Waals surface area contributed by atoms with Crippen molar-refractivity contribution in [1.82, 2.24) is 15.5 Å². The lowest BCUT2D eigenvalue weighted by atomic mass is 9.97. The summed E-state index contributed by atoms with van der Waals surface area (Å²) in [6.07, 6.45) is 5.81. The lowest BCUT2D eigenvalue weighted by molar-refractivity contribution is 0.637. The monoisotopic (exact) mass is 301 g/mol. The Hall–Kier alpha value is -1.26. The summed E-state index contributed by atoms with van der Waals surface area (Å²) in [5.41, 5.74) is 1.58. The molecule has 0 saturated heterocycles. The first-order valence-electron chi connectivity index (χ1n) is 7.94. The molecule has 1 saturated carbocycles. The van der Waals surface area contributed by atoms with E-state index >= 15 is 0 Å². The van der Waals surface area contributed by atoms with Gasteiger partial charge < -0.3 is 5.32 Å². The van der Waals surface area contributed by atoms with E-state index in [0.717, 1.165) is 25.9 Å². The summed E-state index contributed by atoms with van der Waals surface area (Å²) in [5.74, 6) is 0. The summed E-state index contributed by atoms with van der Waals surface area (Å²) in [6, 6.07) is 10.8. The molecule has 21 heavy (non-hydrogen) atoms. The normalized spacial score (nSPS) is 16.0. The van der Waals surface area contributed by atoms with Crippen LogP contribution in [0.2, 0.25) is 0 Å². The van der Waals surface area contributed by atoms with E-state index in [1.165, 1.54) is 34.8 Å². The maximum atomic E-state index is 4.49. The van der Waals surface area contributed by atoms with Gasteiger partial charge in [-0.05, 0) is 44.3 Å². The number of aryl methyl sites for hydroxylation is 1. The van der Waals surface area contributed by atoms with Crippen LogP contribution >= 0.6 is 11.3 Å². The van der Waals surface area contributed by atoms with Crippen LogP contribution in [0.4, 0.5) is 0 Å². The van der Waals surface area contributed by atoms with Gasteiger partial charge in [0.05, 0.1) is 0 Å². The fourth-order valence-electron chi connectivity index (χ4n) is 2.72. The SMILES string of the molecule is CCCNCCCc1nnc(C2(c3ccccc3)CC2)s1. The number of benzene rings is 1. The zero-order valence-corrected chi connectivity index (χ0v) is 13.5. The number of aromatic nitrogens is 2. The van der Waals surface area contributed by atoms with Crippen LogP contribution < -0.4 is 5.32 Å². The Balaban J connectivity index is 1.60. The van der Waals surface area contributed by atoms with E-state index < -0.39 is 0 Å². The van der Waals surface area contributed by atoms with Crippen molar-refractivity contribution in [2.24, 2.45) is 0 Å². The molecule has 0 amide bonds. The predicted octanol–water partition coefficient (Wildman–Crippen LogP) is 3.55. The van der Waals surface area contributed by atoms with Crippen LogP contribution in [0.1, 0.15) is 48.2 Å². The molecule has 1 aromatic carbocycles. The molecular weight excluding hydrogens is 278 g/mol. The Labute approximate surface area is 130 Å². The highest BCUT2D eigenvalue weighted by molar-refractivity contribution is 7.11. The molecular formula is C17H23N3S. The van der Waals surface area contributed by atoms with Gasteiger partial charge in [-0.15, -0.1) is 21.5 Å². The summed E-state index contributed by atoms with van der Waals surface area (Å²) in [6.45, 7) is 4.38. The molecule has 1 heterocycles. The van der Waals surface area contributed by atoms with Crippen LogP contribution in [0, 0.1) is 0 Å². The third kappa shape index (κ3) is 3.33. The smallest absolute Gasteiger partial charge is 0.128 e. The highest BCUT2D eigenvalue weighted by atomic mass is 32.1. The first-order valence-corrected chi connectivity index (χ1v) is 8.76. The average Bonchev–Trinajstić information content (AvgIpc) is 3.21. The van der Waals surface area contributed by atoms with Gasteiger partial charge in [-0.3, -0.25) is 0 Å². The molecule has 2 aromatic rings. The second-order valence-electron chi connectivity index (χ2n) is 5.80. The van der Waals surface area contributed by atoms with Gasteiger partial charge in [0.2, 0.25) is 0 Å². The topological polar surface area (TPSA) is 37.8 Å². The molecule has 3 rings (SSSR count). The van der Waals surface area contributed by atoms with Gasteiger partial charge in [0.1, 0.15) is 10.0 Å². The van der Waals surface area contributed by atoms with E-state index in [-0.39, 0.29) is 5.41 Å². The van der Waals surface area contributed by atoms with Crippen molar-refractivity contribution >= 4 is 11.3 Å². The minimum absolute atomic E-state index is 0.178. The third-order valence-electron chi connectivity index (χ3n) is 4.12. The number of nitrogens with one attached hydrogen (secondary N) is 1. The maximum Gasteiger partial charge on any atom is 0.128 e. The highest BCUT2D eigenvalue weighted by Crippen LogP contribution is 2.54. The van der Waals surface area contributed by atoms with E-state index in [1.54, 1.807) is 0 Å². The van der Waals surface area contributed by atoms with E-state index in [0.29, 0.717) is 0 Å². The number of hydrogen-bond acceptors (Lipinski definition) is 4. The van der Waals surface area contributed by atoms with Crippen molar-refractivity contribution in [2.45, 2.75) is 44.4 Å². The van der Waals surface area contributed by atoms with Gasteiger partial charge >= 0.3 is 0 Å². The molecule has 112 valence electrons. The van der Waals surface area contributed by atoms with Crippen LogP contribution in [-0.2, 0) is 11.8 Å². The predicted molar refractivity (Wildman–Crippen MR) is 87.8 cm³/mol. The Morgan fingerprint density at radius 3 is 2.67 bits per heavy atom. The molecule has 1 aromatic heterocycles. The van der Waals surface area contributed by atoms with Crippen LogP contribution in [0.15, 0.2) is 30.3 Å². The van der Waals surface area contributed by atoms with Crippen LogP contribution in [0.3, 0.4) is 0 Å². The maximum absolute atomic E-state index is 4.49. The molecule has 1 aliphatic rings. The summed E-state index contributed by atoms with van der Waals surface area (Å²) in [7, 11) is 0. The molecule has 0 unspecified atom stereocenters. The highest BCUT2D eigenvalue weighted by Gasteiger charge is 2.48. The average molecular weight is 301 g/mol. The molecule has 3 nitrogen and oxygen atoms in total. The van der Waals surface area contributed by atoms with E-state index in [9.17, 15) is 0 Å². The molecule has 4 heteroatoms. The Morgan fingerprint density at radius 1 is 1.14 bits per heavy atom. The van der Waals surface area contributed by atoms with Gasteiger partial charge in [0, 0.05) is 11.8 Å². The van der Waals surface area contributed by atoms with Crippen molar-refractivity contribution in [3.05, 3.63) is 45.9 Å². The molecule has 0 radical (unpaired) electrons. The summed E-state index contributed by atoms with van der Waals surface area (Å²) in [4.78, 5) is 0. The molecule has 1 aliphatic carbocycles. The second kappa shape index (κ2) is 6.67. The summed E-state index contributed by atoms with van der Waals surface area (Å²) < 4.78 is 0. The number of rotatable bonds is 8. The quantitative estimate of drug-likeness (QED) is 0.758. The third-order valence-corrected chi connectivity index (χ3v) is 5.31. The Morgan fingerprint density at radius 2 is 1.95 bits per heavy atom. The van der Waals surface area contributed by atoms with Gasteiger partial charge in [-0.1, -0.05) is 37.3 Å². The van der Waals surface area contributed by atoms with Gasteiger partial charge in [-0.2, -0.15) is 0 Å². The van der Waals surface area contributed by atoms with Crippen molar-refractivity contribution in [2.75, 3.05) is 13.1 Å². The van der Waals surface area contributed by atoms with Crippen LogP contribution in [-0.4, -0.2) is 23.3 Å². The van der Waals surface area contributed by atoms with Crippen LogP contribution in [0.25, 0.3) is 0 Å². The van der Waals surface area contributed by atoms with E-state index in [2.05, 4.69) is 52.8 Å². The second-order valence-corrected chi connectivity index (χ2v) is 6.86. The lowest BCUT2D eigenvalue weighted by Gasteiger charge is -2.11. The fourth-order valence-corrected chi connectivity index (χ4v) is 3.87. The minimum Gasteiger partial charge on any atom is -0.317 e. The largest absolute Gasteiger partial charge is 0.317 e. The Kier molecular flexibility index (Phi) is 4.66. The zero-order valence-electron chi connectivity index (χ0n) is 12.6. The lowest BCUT2D eigenvalue weighted by Crippen LogP contribution is -2.16. The standard InChI is InChI=1S/C17H23N3S/c1-2-12-18-13-6-9-15-19-20-16(21-15)17(10-11-17)14-7-4-3-5-8-14/h3-5,7-8,18H,2,6,9-13H2,1H3. The van der Waals surface area contributed by atoms with E-state index in [4.69, 9.17) is 0 Å². The summed E-state index contributed by atoms with van der Waals surface area (Å²) in [5, 5.41) is 14.7. The Bertz CT molecular complexity index is 560. The molecule has 0 atom stereocenters. The van der Waals surface area contributed by atoms with Gasteiger partial charge in [0.25, 0.3) is 0 Å². The minimum atomic E-state index is 0.178. The molecule has 0 aliphatic heterocycles. The van der Waals surface area contributed by atoms with Gasteiger partial charge in [0.15, 0.2) is 0 Å². The molecule has 1 fully saturated rings. The van der Waals surface area contributed by atoms with Crippen molar-refractivity contribution < 1.29 is 0 Å².